The van der Waals surface area contributed by atoms with Crippen molar-refractivity contribution < 1.29 is 14.3 Å². The second-order valence-electron chi connectivity index (χ2n) is 9.13. The lowest BCUT2D eigenvalue weighted by molar-refractivity contribution is -0.135. The van der Waals surface area contributed by atoms with Gasteiger partial charge < -0.3 is 9.47 Å². The molecule has 0 fully saturated rings. The number of methoxy groups -OCH3 is 1. The van der Waals surface area contributed by atoms with E-state index in [0.29, 0.717) is 5.96 Å². The summed E-state index contributed by atoms with van der Waals surface area (Å²) in [6, 6.07) is 26.0. The minimum Gasteiger partial charge on any atom is -0.497 e. The molecule has 0 amide bonds. The summed E-state index contributed by atoms with van der Waals surface area (Å²) >= 11 is 0. The number of aryl methyl sites for hydroxylation is 1. The molecule has 7 nitrogen and oxygen atoms in total. The Morgan fingerprint density at radius 2 is 1.73 bits per heavy atom. The Morgan fingerprint density at radius 3 is 2.49 bits per heavy atom. The average molecular weight is 493 g/mol. The number of carbonyl (C=O) groups is 1. The third-order valence-electron chi connectivity index (χ3n) is 6.99. The maximum atomic E-state index is 13.3. The third-order valence-corrected chi connectivity index (χ3v) is 6.99. The maximum absolute atomic E-state index is 13.3. The molecule has 0 saturated heterocycles. The molecular formula is C30H28N4O3. The van der Waals surface area contributed by atoms with Crippen molar-refractivity contribution >= 4 is 29.1 Å². The first-order chi connectivity index (χ1) is 18.2. The van der Waals surface area contributed by atoms with Crippen LogP contribution in [0.25, 0.3) is 5.70 Å². The molecule has 0 spiro atoms. The predicted octanol–water partition coefficient (Wildman–Crippen LogP) is 5.55. The summed E-state index contributed by atoms with van der Waals surface area (Å²) in [6.45, 7) is 2.06. The molecule has 3 aliphatic rings. The summed E-state index contributed by atoms with van der Waals surface area (Å²) in [6.07, 6.45) is 2.83. The fraction of sp³-hybridized carbons (Fsp3) is 0.233. The van der Waals surface area contributed by atoms with E-state index in [1.807, 2.05) is 47.4 Å². The molecule has 37 heavy (non-hydrogen) atoms. The van der Waals surface area contributed by atoms with Crippen molar-refractivity contribution in [2.75, 3.05) is 18.7 Å². The van der Waals surface area contributed by atoms with Crippen LogP contribution < -0.4 is 9.75 Å². The Bertz CT molecular complexity index is 1430. The first kappa shape index (κ1) is 23.0. The van der Waals surface area contributed by atoms with Crippen molar-refractivity contribution in [3.8, 4) is 5.75 Å². The molecule has 0 saturated carbocycles. The molecule has 6 rings (SSSR count). The van der Waals surface area contributed by atoms with E-state index in [-0.39, 0.29) is 18.5 Å². The van der Waals surface area contributed by atoms with Crippen molar-refractivity contribution in [1.29, 1.82) is 0 Å². The van der Waals surface area contributed by atoms with Gasteiger partial charge in [0.05, 0.1) is 31.1 Å². The van der Waals surface area contributed by atoms with E-state index in [2.05, 4.69) is 36.4 Å². The summed E-state index contributed by atoms with van der Waals surface area (Å²) < 4.78 is 10.9. The van der Waals surface area contributed by atoms with Crippen LogP contribution in [-0.2, 0) is 16.0 Å². The van der Waals surface area contributed by atoms with E-state index < -0.39 is 5.97 Å². The van der Waals surface area contributed by atoms with Crippen molar-refractivity contribution in [2.24, 2.45) is 10.1 Å². The van der Waals surface area contributed by atoms with Gasteiger partial charge in [-0.05, 0) is 67.2 Å². The largest absolute Gasteiger partial charge is 0.497 e. The number of esters is 1. The Kier molecular flexibility index (Phi) is 5.96. The molecule has 1 atom stereocenters. The smallest absolute Gasteiger partial charge is 0.376 e. The summed E-state index contributed by atoms with van der Waals surface area (Å²) in [7, 11) is 1.66. The van der Waals surface area contributed by atoms with Gasteiger partial charge in [0.15, 0.2) is 0 Å². The number of hydrogen-bond donors (Lipinski definition) is 0. The highest BCUT2D eigenvalue weighted by Crippen LogP contribution is 2.46. The molecule has 2 heterocycles. The van der Waals surface area contributed by atoms with Gasteiger partial charge in [-0.15, -0.1) is 5.10 Å². The number of rotatable bonds is 5. The third kappa shape index (κ3) is 3.96. The van der Waals surface area contributed by atoms with Gasteiger partial charge >= 0.3 is 5.97 Å². The number of ether oxygens (including phenoxy) is 2. The highest BCUT2D eigenvalue weighted by atomic mass is 16.5. The van der Waals surface area contributed by atoms with E-state index in [9.17, 15) is 4.79 Å². The minimum atomic E-state index is -0.467. The second-order valence-corrected chi connectivity index (χ2v) is 9.13. The number of hydrogen-bond acceptors (Lipinski definition) is 7. The van der Waals surface area contributed by atoms with Crippen LogP contribution in [0.5, 0.6) is 5.75 Å². The lowest BCUT2D eigenvalue weighted by Crippen LogP contribution is -2.46. The average Bonchev–Trinajstić information content (AvgIpc) is 3.22. The second kappa shape index (κ2) is 9.58. The van der Waals surface area contributed by atoms with Gasteiger partial charge in [-0.3, -0.25) is 4.90 Å². The van der Waals surface area contributed by atoms with Gasteiger partial charge in [-0.1, -0.05) is 54.6 Å². The van der Waals surface area contributed by atoms with Gasteiger partial charge in [0, 0.05) is 5.56 Å². The van der Waals surface area contributed by atoms with Crippen molar-refractivity contribution in [3.05, 3.63) is 101 Å². The Balaban J connectivity index is 1.59. The summed E-state index contributed by atoms with van der Waals surface area (Å²) in [5, 5.41) is 6.54. The zero-order chi connectivity index (χ0) is 25.4. The van der Waals surface area contributed by atoms with Crippen LogP contribution in [0.1, 0.15) is 42.5 Å². The van der Waals surface area contributed by atoms with Gasteiger partial charge in [-0.25, -0.2) is 9.79 Å². The molecular weight excluding hydrogens is 464 g/mol. The highest BCUT2D eigenvalue weighted by molar-refractivity contribution is 6.41. The molecule has 7 heteroatoms. The SMILES string of the molecule is CCOC(=O)C1=NN(c2ccccc2)C2=NC3=C(CCCc4ccccc43)C(c3ccc(OC)cc3)N12. The zero-order valence-corrected chi connectivity index (χ0v) is 20.9. The van der Waals surface area contributed by atoms with Gasteiger partial charge in [0.2, 0.25) is 11.8 Å². The Hall–Kier alpha value is -4.39. The zero-order valence-electron chi connectivity index (χ0n) is 20.9. The lowest BCUT2D eigenvalue weighted by atomic mass is 9.90. The number of para-hydroxylation sites is 1. The number of amidine groups is 1. The Morgan fingerprint density at radius 1 is 0.973 bits per heavy atom. The number of nitrogens with zero attached hydrogens (tertiary/aromatic N) is 4. The van der Waals surface area contributed by atoms with Gasteiger partial charge in [-0.2, -0.15) is 5.01 Å². The molecule has 1 aliphatic carbocycles. The van der Waals surface area contributed by atoms with Crippen LogP contribution in [-0.4, -0.2) is 36.4 Å². The molecule has 1 unspecified atom stereocenters. The van der Waals surface area contributed by atoms with E-state index >= 15 is 0 Å². The quantitative estimate of drug-likeness (QED) is 0.437. The molecule has 0 aromatic heterocycles. The first-order valence-corrected chi connectivity index (χ1v) is 12.6. The monoisotopic (exact) mass is 492 g/mol. The molecule has 3 aromatic carbocycles. The number of aliphatic imine (C=N–C) groups is 1. The minimum absolute atomic E-state index is 0.231. The predicted molar refractivity (Wildman–Crippen MR) is 144 cm³/mol. The Labute approximate surface area is 216 Å². The molecule has 0 bridgehead atoms. The molecule has 0 radical (unpaired) electrons. The van der Waals surface area contributed by atoms with Crippen LogP contribution in [0.3, 0.4) is 0 Å². The lowest BCUT2D eigenvalue weighted by Gasteiger charge is -2.37. The number of fused-ring (bicyclic) bond motifs is 3. The van der Waals surface area contributed by atoms with Crippen LogP contribution in [0, 0.1) is 0 Å². The van der Waals surface area contributed by atoms with E-state index in [1.54, 1.807) is 19.0 Å². The maximum Gasteiger partial charge on any atom is 0.376 e. The number of hydrazone groups is 1. The van der Waals surface area contributed by atoms with Crippen molar-refractivity contribution in [1.82, 2.24) is 4.90 Å². The molecule has 3 aromatic rings. The normalized spacial score (nSPS) is 18.3. The summed E-state index contributed by atoms with van der Waals surface area (Å²) in [5.74, 6) is 1.13. The van der Waals surface area contributed by atoms with Crippen LogP contribution in [0.15, 0.2) is 94.5 Å². The number of carbonyl (C=O) groups excluding carboxylic acids is 1. The number of anilines is 1. The molecule has 186 valence electrons. The fourth-order valence-electron chi connectivity index (χ4n) is 5.32. The van der Waals surface area contributed by atoms with Gasteiger partial charge in [0.25, 0.3) is 0 Å². The fourth-order valence-corrected chi connectivity index (χ4v) is 5.32. The van der Waals surface area contributed by atoms with Crippen molar-refractivity contribution in [3.63, 3.8) is 0 Å². The number of benzene rings is 3. The van der Waals surface area contributed by atoms with Crippen LogP contribution >= 0.6 is 0 Å². The topological polar surface area (TPSA) is 66.7 Å². The summed E-state index contributed by atoms with van der Waals surface area (Å²) in [5.41, 5.74) is 6.41. The van der Waals surface area contributed by atoms with Gasteiger partial charge in [0.1, 0.15) is 5.75 Å². The standard InChI is InChI=1S/C30H28N4O3/c1-3-37-29(35)28-32-34(22-12-5-4-6-13-22)30-31-26-24-14-8-7-10-20(24)11-9-15-25(26)27(33(28)30)21-16-18-23(36-2)19-17-21/h4-8,10,12-14,16-19,27H,3,9,11,15H2,1-2H3. The van der Waals surface area contributed by atoms with E-state index in [1.165, 1.54) is 11.1 Å². The summed E-state index contributed by atoms with van der Waals surface area (Å²) in [4.78, 5) is 20.4. The van der Waals surface area contributed by atoms with Crippen molar-refractivity contribution in [2.45, 2.75) is 32.2 Å². The van der Waals surface area contributed by atoms with Crippen LogP contribution in [0.4, 0.5) is 5.69 Å². The first-order valence-electron chi connectivity index (χ1n) is 12.6. The van der Waals surface area contributed by atoms with Crippen LogP contribution in [0.2, 0.25) is 0 Å². The van der Waals surface area contributed by atoms with E-state index in [4.69, 9.17) is 19.6 Å². The van der Waals surface area contributed by atoms with E-state index in [0.717, 1.165) is 47.5 Å². The molecule has 0 N–H and O–H groups in total. The molecule has 2 aliphatic heterocycles. The number of guanidine groups is 1. The highest BCUT2D eigenvalue weighted by Gasteiger charge is 2.46.